The van der Waals surface area contributed by atoms with Crippen LogP contribution in [0.3, 0.4) is 0 Å². The smallest absolute Gasteiger partial charge is 0.0387 e. The molecule has 1 heteroatoms. The molecule has 0 radical (unpaired) electrons. The van der Waals surface area contributed by atoms with Gasteiger partial charge in [0.1, 0.15) is 0 Å². The summed E-state index contributed by atoms with van der Waals surface area (Å²) >= 11 is 0. The van der Waals surface area contributed by atoms with Gasteiger partial charge in [0.05, 0.1) is 0 Å². The van der Waals surface area contributed by atoms with Crippen molar-refractivity contribution in [1.29, 1.82) is 0 Å². The number of rotatable bonds is 4. The van der Waals surface area contributed by atoms with Crippen LogP contribution >= 0.6 is 0 Å². The second-order valence-electron chi connectivity index (χ2n) is 3.56. The van der Waals surface area contributed by atoms with Crippen LogP contribution in [0.4, 0.5) is 5.69 Å². The number of para-hydroxylation sites is 1. The molecule has 0 saturated heterocycles. The van der Waals surface area contributed by atoms with Crippen LogP contribution in [0, 0.1) is 5.92 Å². The van der Waals surface area contributed by atoms with Crippen molar-refractivity contribution in [2.24, 2.45) is 5.92 Å². The first-order chi connectivity index (χ1) is 6.77. The third-order valence-electron chi connectivity index (χ3n) is 2.59. The fraction of sp³-hybridized carbons (Fsp3) is 0.385. The molecule has 0 unspecified atom stereocenters. The third-order valence-corrected chi connectivity index (χ3v) is 2.59. The van der Waals surface area contributed by atoms with Crippen LogP contribution in [0.5, 0.6) is 0 Å². The van der Waals surface area contributed by atoms with E-state index < -0.39 is 0 Å². The van der Waals surface area contributed by atoms with E-state index in [0.717, 1.165) is 11.3 Å². The summed E-state index contributed by atoms with van der Waals surface area (Å²) in [6.07, 6.45) is 6.78. The minimum atomic E-state index is 0.676. The van der Waals surface area contributed by atoms with Crippen molar-refractivity contribution in [3.8, 4) is 0 Å². The molecule has 14 heavy (non-hydrogen) atoms. The summed E-state index contributed by atoms with van der Waals surface area (Å²) in [5.41, 5.74) is 7.82. The largest absolute Gasteiger partial charge is 0.398 e. The Hall–Kier alpha value is -1.24. The van der Waals surface area contributed by atoms with Crippen molar-refractivity contribution in [1.82, 2.24) is 0 Å². The van der Waals surface area contributed by atoms with E-state index in [0.29, 0.717) is 5.92 Å². The molecule has 0 aliphatic heterocycles. The second kappa shape index (κ2) is 5.48. The molecule has 0 aliphatic carbocycles. The van der Waals surface area contributed by atoms with Crippen molar-refractivity contribution >= 4 is 11.8 Å². The Balaban J connectivity index is 2.72. The molecule has 1 aromatic rings. The lowest BCUT2D eigenvalue weighted by atomic mass is 10.0. The Kier molecular flexibility index (Phi) is 4.24. The fourth-order valence-corrected chi connectivity index (χ4v) is 1.46. The van der Waals surface area contributed by atoms with E-state index in [-0.39, 0.29) is 0 Å². The first kappa shape index (κ1) is 10.8. The highest BCUT2D eigenvalue weighted by Crippen LogP contribution is 2.16. The predicted molar refractivity (Wildman–Crippen MR) is 64.0 cm³/mol. The van der Waals surface area contributed by atoms with E-state index in [4.69, 9.17) is 5.73 Å². The van der Waals surface area contributed by atoms with Crippen molar-refractivity contribution < 1.29 is 0 Å². The van der Waals surface area contributed by atoms with Gasteiger partial charge in [0, 0.05) is 5.69 Å². The van der Waals surface area contributed by atoms with Gasteiger partial charge in [-0.05, 0) is 30.4 Å². The van der Waals surface area contributed by atoms with Crippen molar-refractivity contribution in [2.45, 2.75) is 26.7 Å². The average Bonchev–Trinajstić information content (AvgIpc) is 2.22. The van der Waals surface area contributed by atoms with Crippen molar-refractivity contribution in [3.63, 3.8) is 0 Å². The van der Waals surface area contributed by atoms with Gasteiger partial charge in [-0.3, -0.25) is 0 Å². The van der Waals surface area contributed by atoms with Gasteiger partial charge in [0.25, 0.3) is 0 Å². The van der Waals surface area contributed by atoms with Crippen LogP contribution in [-0.4, -0.2) is 0 Å². The Labute approximate surface area is 86.6 Å². The summed E-state index contributed by atoms with van der Waals surface area (Å²) in [6.45, 7) is 4.43. The molecule has 76 valence electrons. The molecule has 0 fully saturated rings. The van der Waals surface area contributed by atoms with E-state index in [9.17, 15) is 0 Å². The predicted octanol–water partition coefficient (Wildman–Crippen LogP) is 3.72. The van der Waals surface area contributed by atoms with E-state index in [2.05, 4.69) is 26.0 Å². The molecule has 0 atom stereocenters. The number of hydrogen-bond donors (Lipinski definition) is 1. The Morgan fingerprint density at radius 1 is 1.21 bits per heavy atom. The molecule has 0 spiro atoms. The summed E-state index contributed by atoms with van der Waals surface area (Å²) in [5, 5.41) is 0. The maximum absolute atomic E-state index is 5.84. The van der Waals surface area contributed by atoms with Crippen LogP contribution in [-0.2, 0) is 0 Å². The zero-order valence-corrected chi connectivity index (χ0v) is 9.03. The maximum Gasteiger partial charge on any atom is 0.0387 e. The van der Waals surface area contributed by atoms with Crippen molar-refractivity contribution in [2.75, 3.05) is 5.73 Å². The molecule has 0 aliphatic rings. The zero-order chi connectivity index (χ0) is 10.4. The van der Waals surface area contributed by atoms with Gasteiger partial charge in [-0.1, -0.05) is 44.2 Å². The topological polar surface area (TPSA) is 26.0 Å². The summed E-state index contributed by atoms with van der Waals surface area (Å²) < 4.78 is 0. The first-order valence-corrected chi connectivity index (χ1v) is 5.30. The Bertz CT molecular complexity index is 298. The quantitative estimate of drug-likeness (QED) is 0.718. The minimum Gasteiger partial charge on any atom is -0.398 e. The zero-order valence-electron chi connectivity index (χ0n) is 9.03. The third kappa shape index (κ3) is 2.91. The van der Waals surface area contributed by atoms with Gasteiger partial charge in [-0.2, -0.15) is 0 Å². The molecule has 0 saturated carbocycles. The molecule has 2 N–H and O–H groups in total. The summed E-state index contributed by atoms with van der Waals surface area (Å²) in [5.74, 6) is 0.676. The Morgan fingerprint density at radius 3 is 2.43 bits per heavy atom. The number of hydrogen-bond acceptors (Lipinski definition) is 1. The SMILES string of the molecule is CCC(/C=C\c1ccccc1N)CC. The van der Waals surface area contributed by atoms with Crippen LogP contribution in [0.25, 0.3) is 6.08 Å². The number of anilines is 1. The number of nitrogen functional groups attached to an aromatic ring is 1. The lowest BCUT2D eigenvalue weighted by molar-refractivity contribution is 0.609. The maximum atomic E-state index is 5.84. The second-order valence-corrected chi connectivity index (χ2v) is 3.56. The summed E-state index contributed by atoms with van der Waals surface area (Å²) in [4.78, 5) is 0. The van der Waals surface area contributed by atoms with Gasteiger partial charge in [0.15, 0.2) is 0 Å². The lowest BCUT2D eigenvalue weighted by Crippen LogP contribution is -1.92. The van der Waals surface area contributed by atoms with E-state index in [1.165, 1.54) is 12.8 Å². The molecule has 0 bridgehead atoms. The van der Waals surface area contributed by atoms with E-state index in [1.54, 1.807) is 0 Å². The molecule has 0 amide bonds. The minimum absolute atomic E-state index is 0.676. The molecular formula is C13H19N. The summed E-state index contributed by atoms with van der Waals surface area (Å²) in [6, 6.07) is 7.97. The van der Waals surface area contributed by atoms with Gasteiger partial charge >= 0.3 is 0 Å². The molecule has 1 nitrogen and oxygen atoms in total. The van der Waals surface area contributed by atoms with Crippen LogP contribution in [0.1, 0.15) is 32.3 Å². The van der Waals surface area contributed by atoms with Crippen LogP contribution < -0.4 is 5.73 Å². The number of allylic oxidation sites excluding steroid dienone is 1. The molecule has 1 rings (SSSR count). The molecule has 0 aromatic heterocycles. The van der Waals surface area contributed by atoms with Gasteiger partial charge in [-0.15, -0.1) is 0 Å². The van der Waals surface area contributed by atoms with E-state index in [1.807, 2.05) is 24.3 Å². The highest BCUT2D eigenvalue weighted by atomic mass is 14.5. The van der Waals surface area contributed by atoms with Crippen molar-refractivity contribution in [3.05, 3.63) is 35.9 Å². The van der Waals surface area contributed by atoms with E-state index >= 15 is 0 Å². The number of nitrogens with two attached hydrogens (primary N) is 1. The fourth-order valence-electron chi connectivity index (χ4n) is 1.46. The van der Waals surface area contributed by atoms with Gasteiger partial charge < -0.3 is 5.73 Å². The Morgan fingerprint density at radius 2 is 1.86 bits per heavy atom. The first-order valence-electron chi connectivity index (χ1n) is 5.30. The van der Waals surface area contributed by atoms with Gasteiger partial charge in [0.2, 0.25) is 0 Å². The monoisotopic (exact) mass is 189 g/mol. The standard InChI is InChI=1S/C13H19N/c1-3-11(4-2)9-10-12-7-5-6-8-13(12)14/h5-11H,3-4,14H2,1-2H3/b10-9-. The van der Waals surface area contributed by atoms with Crippen LogP contribution in [0.2, 0.25) is 0 Å². The number of benzene rings is 1. The average molecular weight is 189 g/mol. The van der Waals surface area contributed by atoms with Gasteiger partial charge in [-0.25, -0.2) is 0 Å². The normalized spacial score (nSPS) is 11.4. The summed E-state index contributed by atoms with van der Waals surface area (Å²) in [7, 11) is 0. The molecular weight excluding hydrogens is 170 g/mol. The van der Waals surface area contributed by atoms with Crippen LogP contribution in [0.15, 0.2) is 30.3 Å². The lowest BCUT2D eigenvalue weighted by Gasteiger charge is -2.05. The molecule has 1 aromatic carbocycles. The molecule has 0 heterocycles. The highest BCUT2D eigenvalue weighted by molar-refractivity contribution is 5.64. The highest BCUT2D eigenvalue weighted by Gasteiger charge is 1.97.